The van der Waals surface area contributed by atoms with E-state index in [4.69, 9.17) is 5.21 Å². The van der Waals surface area contributed by atoms with E-state index < -0.39 is 0 Å². The third-order valence-electron chi connectivity index (χ3n) is 2.57. The second-order valence-electron chi connectivity index (χ2n) is 3.87. The number of para-hydroxylation sites is 1. The zero-order chi connectivity index (χ0) is 13.8. The van der Waals surface area contributed by atoms with E-state index in [0.717, 1.165) is 11.5 Å². The molecule has 2 aromatic rings. The molecule has 1 aromatic carbocycles. The van der Waals surface area contributed by atoms with E-state index in [0.29, 0.717) is 27.5 Å². The third-order valence-corrected chi connectivity index (χ3v) is 3.40. The highest BCUT2D eigenvalue weighted by Gasteiger charge is 2.15. The molecule has 1 heterocycles. The molecule has 0 unspecified atom stereocenters. The van der Waals surface area contributed by atoms with Crippen LogP contribution in [0.25, 0.3) is 0 Å². The Balaban J connectivity index is 2.30. The maximum atomic E-state index is 12.1. The van der Waals surface area contributed by atoms with Crippen molar-refractivity contribution in [2.45, 2.75) is 13.8 Å². The van der Waals surface area contributed by atoms with Crippen molar-refractivity contribution in [1.82, 2.24) is 9.59 Å². The van der Waals surface area contributed by atoms with E-state index in [-0.39, 0.29) is 5.91 Å². The van der Waals surface area contributed by atoms with Crippen molar-refractivity contribution in [3.05, 3.63) is 40.4 Å². The Bertz CT molecular complexity index is 636. The van der Waals surface area contributed by atoms with Gasteiger partial charge in [-0.2, -0.15) is 0 Å². The smallest absolute Gasteiger partial charge is 0.269 e. The fraction of sp³-hybridized carbons (Fsp3) is 0.167. The first-order valence-electron chi connectivity index (χ1n) is 5.52. The molecule has 0 saturated heterocycles. The third kappa shape index (κ3) is 2.76. The number of aryl methyl sites for hydroxylation is 1. The van der Waals surface area contributed by atoms with Crippen molar-refractivity contribution < 1.29 is 10.0 Å². The predicted octanol–water partition coefficient (Wildman–Crippen LogP) is 2.30. The normalized spacial score (nSPS) is 11.4. The fourth-order valence-corrected chi connectivity index (χ4v) is 2.13. The van der Waals surface area contributed by atoms with Crippen LogP contribution in [0, 0.1) is 6.92 Å². The van der Waals surface area contributed by atoms with Crippen LogP contribution in [0.3, 0.4) is 0 Å². The molecule has 1 amide bonds. The van der Waals surface area contributed by atoms with Crippen molar-refractivity contribution in [3.8, 4) is 0 Å². The van der Waals surface area contributed by atoms with Crippen LogP contribution >= 0.6 is 11.5 Å². The van der Waals surface area contributed by atoms with Crippen molar-refractivity contribution in [2.24, 2.45) is 5.16 Å². The van der Waals surface area contributed by atoms with E-state index in [9.17, 15) is 4.79 Å². The number of oxime groups is 1. The van der Waals surface area contributed by atoms with E-state index >= 15 is 0 Å². The van der Waals surface area contributed by atoms with E-state index in [1.165, 1.54) is 0 Å². The molecule has 2 N–H and O–H groups in total. The van der Waals surface area contributed by atoms with Crippen molar-refractivity contribution >= 4 is 28.8 Å². The first-order chi connectivity index (χ1) is 9.13. The highest BCUT2D eigenvalue weighted by atomic mass is 32.1. The number of carbonyl (C=O) groups excluding carboxylic acids is 1. The lowest BCUT2D eigenvalue weighted by Gasteiger charge is -2.09. The topological polar surface area (TPSA) is 87.5 Å². The number of anilines is 1. The molecule has 0 aliphatic carbocycles. The highest BCUT2D eigenvalue weighted by molar-refractivity contribution is 7.08. The zero-order valence-corrected chi connectivity index (χ0v) is 11.2. The number of hydrogen-bond donors (Lipinski definition) is 2. The summed E-state index contributed by atoms with van der Waals surface area (Å²) in [5, 5.41) is 18.5. The lowest BCUT2D eigenvalue weighted by Crippen LogP contribution is -2.14. The summed E-state index contributed by atoms with van der Waals surface area (Å²) in [5.41, 5.74) is 2.26. The molecule has 0 aliphatic heterocycles. The Morgan fingerprint density at radius 3 is 2.79 bits per heavy atom. The van der Waals surface area contributed by atoms with Gasteiger partial charge in [-0.05, 0) is 31.4 Å². The van der Waals surface area contributed by atoms with Gasteiger partial charge in [0.25, 0.3) is 5.91 Å². The van der Waals surface area contributed by atoms with Crippen molar-refractivity contribution in [3.63, 3.8) is 0 Å². The van der Waals surface area contributed by atoms with Crippen LogP contribution in [-0.2, 0) is 0 Å². The SMILES string of the molecule is CC(=NO)c1ccccc1NC(=O)c1snnc1C. The number of nitrogens with zero attached hydrogens (tertiary/aromatic N) is 3. The van der Waals surface area contributed by atoms with Gasteiger partial charge in [0.15, 0.2) is 0 Å². The van der Waals surface area contributed by atoms with Gasteiger partial charge in [0.05, 0.1) is 17.1 Å². The van der Waals surface area contributed by atoms with Gasteiger partial charge in [-0.3, -0.25) is 4.79 Å². The maximum absolute atomic E-state index is 12.1. The molecule has 1 aromatic heterocycles. The molecule has 0 radical (unpaired) electrons. The summed E-state index contributed by atoms with van der Waals surface area (Å²) in [4.78, 5) is 12.5. The standard InChI is InChI=1S/C12H12N4O2S/c1-7(15-18)9-5-3-4-6-10(9)13-12(17)11-8(2)14-16-19-11/h3-6,18H,1-2H3,(H,13,17). The minimum atomic E-state index is -0.273. The summed E-state index contributed by atoms with van der Waals surface area (Å²) in [6.45, 7) is 3.38. The molecular formula is C12H12N4O2S. The first-order valence-corrected chi connectivity index (χ1v) is 6.29. The quantitative estimate of drug-likeness (QED) is 0.511. The molecule has 6 nitrogen and oxygen atoms in total. The summed E-state index contributed by atoms with van der Waals surface area (Å²) >= 11 is 1.04. The van der Waals surface area contributed by atoms with Crippen LogP contribution in [0.5, 0.6) is 0 Å². The molecule has 0 spiro atoms. The van der Waals surface area contributed by atoms with Crippen molar-refractivity contribution in [1.29, 1.82) is 0 Å². The van der Waals surface area contributed by atoms with E-state index in [1.807, 2.05) is 0 Å². The Hall–Kier alpha value is -2.28. The van der Waals surface area contributed by atoms with Gasteiger partial charge < -0.3 is 10.5 Å². The number of nitrogens with one attached hydrogen (secondary N) is 1. The van der Waals surface area contributed by atoms with E-state index in [1.54, 1.807) is 38.1 Å². The Morgan fingerprint density at radius 1 is 1.42 bits per heavy atom. The number of hydrogen-bond acceptors (Lipinski definition) is 6. The summed E-state index contributed by atoms with van der Waals surface area (Å²) in [5.74, 6) is -0.273. The van der Waals surface area contributed by atoms with E-state index in [2.05, 4.69) is 20.1 Å². The van der Waals surface area contributed by atoms with Gasteiger partial charge >= 0.3 is 0 Å². The van der Waals surface area contributed by atoms with Crippen LogP contribution in [0.1, 0.15) is 27.9 Å². The summed E-state index contributed by atoms with van der Waals surface area (Å²) in [6, 6.07) is 7.11. The fourth-order valence-electron chi connectivity index (χ4n) is 1.58. The predicted molar refractivity (Wildman–Crippen MR) is 73.0 cm³/mol. The minimum Gasteiger partial charge on any atom is -0.411 e. The Kier molecular flexibility index (Phi) is 3.86. The second-order valence-corrected chi connectivity index (χ2v) is 4.63. The summed E-state index contributed by atoms with van der Waals surface area (Å²) in [6.07, 6.45) is 0. The van der Waals surface area contributed by atoms with Crippen LogP contribution < -0.4 is 5.32 Å². The molecule has 2 rings (SSSR count). The average molecular weight is 276 g/mol. The molecule has 98 valence electrons. The first kappa shape index (κ1) is 13.2. The molecule has 0 atom stereocenters. The van der Waals surface area contributed by atoms with Crippen LogP contribution in [0.2, 0.25) is 0 Å². The largest absolute Gasteiger partial charge is 0.411 e. The summed E-state index contributed by atoms with van der Waals surface area (Å²) in [7, 11) is 0. The lowest BCUT2D eigenvalue weighted by atomic mass is 10.1. The van der Waals surface area contributed by atoms with Gasteiger partial charge in [-0.1, -0.05) is 27.8 Å². The molecule has 0 saturated carbocycles. The van der Waals surface area contributed by atoms with Gasteiger partial charge in [0.2, 0.25) is 0 Å². The molecule has 0 fully saturated rings. The summed E-state index contributed by atoms with van der Waals surface area (Å²) < 4.78 is 3.73. The van der Waals surface area contributed by atoms with Gasteiger partial charge in [-0.15, -0.1) is 5.10 Å². The van der Waals surface area contributed by atoms with Gasteiger partial charge in [-0.25, -0.2) is 0 Å². The van der Waals surface area contributed by atoms with Gasteiger partial charge in [0, 0.05) is 5.56 Å². The number of benzene rings is 1. The molecule has 19 heavy (non-hydrogen) atoms. The van der Waals surface area contributed by atoms with Crippen molar-refractivity contribution in [2.75, 3.05) is 5.32 Å². The zero-order valence-electron chi connectivity index (χ0n) is 10.4. The minimum absolute atomic E-state index is 0.273. The van der Waals surface area contributed by atoms with Crippen LogP contribution in [-0.4, -0.2) is 26.4 Å². The number of carbonyl (C=O) groups is 1. The maximum Gasteiger partial charge on any atom is 0.269 e. The monoisotopic (exact) mass is 276 g/mol. The number of aromatic nitrogens is 2. The van der Waals surface area contributed by atoms with Gasteiger partial charge in [0.1, 0.15) is 4.88 Å². The molecular weight excluding hydrogens is 264 g/mol. The lowest BCUT2D eigenvalue weighted by molar-refractivity contribution is 0.103. The average Bonchev–Trinajstić information content (AvgIpc) is 2.85. The van der Waals surface area contributed by atoms with Crippen LogP contribution in [0.4, 0.5) is 5.69 Å². The number of rotatable bonds is 3. The molecule has 7 heteroatoms. The number of amides is 1. The molecule has 0 bridgehead atoms. The second kappa shape index (κ2) is 5.57. The Morgan fingerprint density at radius 2 is 2.16 bits per heavy atom. The molecule has 0 aliphatic rings. The highest BCUT2D eigenvalue weighted by Crippen LogP contribution is 2.18. The Labute approximate surface area is 113 Å². The van der Waals surface area contributed by atoms with Crippen LogP contribution in [0.15, 0.2) is 29.4 Å².